The number of carbonyl (C=O) groups is 1. The Labute approximate surface area is 148 Å². The Morgan fingerprint density at radius 3 is 2.36 bits per heavy atom. The number of amides is 1. The molecule has 0 radical (unpaired) electrons. The molecule has 1 aromatic rings. The maximum absolute atomic E-state index is 12.6. The molecule has 2 rings (SSSR count). The van der Waals surface area contributed by atoms with Gasteiger partial charge in [0.1, 0.15) is 5.75 Å². The van der Waals surface area contributed by atoms with Crippen LogP contribution in [-0.4, -0.2) is 55.5 Å². The highest BCUT2D eigenvalue weighted by Crippen LogP contribution is 2.29. The Kier molecular flexibility index (Phi) is 8.93. The molecule has 1 aliphatic rings. The summed E-state index contributed by atoms with van der Waals surface area (Å²) in [6.07, 6.45) is 0. The summed E-state index contributed by atoms with van der Waals surface area (Å²) in [5.74, 6) is 0.411. The second-order valence-electron chi connectivity index (χ2n) is 4.80. The molecule has 8 heteroatoms. The molecule has 1 aliphatic heterocycles. The number of hydrogen-bond donors (Lipinski definition) is 1. The molecule has 0 bridgehead atoms. The highest BCUT2D eigenvalue weighted by Gasteiger charge is 2.24. The van der Waals surface area contributed by atoms with Crippen molar-refractivity contribution in [3.8, 4) is 5.75 Å². The van der Waals surface area contributed by atoms with E-state index in [1.54, 1.807) is 12.1 Å². The van der Waals surface area contributed by atoms with E-state index >= 15 is 0 Å². The average Bonchev–Trinajstić information content (AvgIpc) is 2.49. The smallest absolute Gasteiger partial charge is 0.257 e. The van der Waals surface area contributed by atoms with Crippen LogP contribution in [0.2, 0.25) is 5.02 Å². The van der Waals surface area contributed by atoms with Gasteiger partial charge in [0.25, 0.3) is 5.91 Å². The van der Waals surface area contributed by atoms with Crippen LogP contribution in [-0.2, 0) is 0 Å². The molecule has 1 amide bonds. The topological polar surface area (TPSA) is 58.8 Å². The third-order valence-electron chi connectivity index (χ3n) is 3.66. The lowest BCUT2D eigenvalue weighted by atomic mass is 10.1. The van der Waals surface area contributed by atoms with Crippen molar-refractivity contribution in [1.29, 1.82) is 0 Å². The van der Waals surface area contributed by atoms with Gasteiger partial charge in [-0.3, -0.25) is 4.79 Å². The van der Waals surface area contributed by atoms with E-state index < -0.39 is 0 Å². The molecule has 0 aliphatic carbocycles. The summed E-state index contributed by atoms with van der Waals surface area (Å²) in [6.45, 7) is 6.37. The van der Waals surface area contributed by atoms with Gasteiger partial charge in [0, 0.05) is 32.2 Å². The molecule has 1 aromatic carbocycles. The highest BCUT2D eigenvalue weighted by atomic mass is 35.5. The minimum Gasteiger partial charge on any atom is -0.496 e. The van der Waals surface area contributed by atoms with Crippen LogP contribution in [0.1, 0.15) is 17.3 Å². The quantitative estimate of drug-likeness (QED) is 0.831. The van der Waals surface area contributed by atoms with Crippen molar-refractivity contribution < 1.29 is 9.53 Å². The molecule has 0 saturated carbocycles. The van der Waals surface area contributed by atoms with Crippen LogP contribution in [0.4, 0.5) is 5.69 Å². The van der Waals surface area contributed by atoms with E-state index in [-0.39, 0.29) is 30.7 Å². The fourth-order valence-electron chi connectivity index (χ4n) is 2.34. The number of benzene rings is 1. The number of carbonyl (C=O) groups excluding carboxylic acids is 1. The van der Waals surface area contributed by atoms with Crippen LogP contribution in [0.25, 0.3) is 0 Å². The third-order valence-corrected chi connectivity index (χ3v) is 3.98. The van der Waals surface area contributed by atoms with Crippen molar-refractivity contribution in [2.24, 2.45) is 0 Å². The van der Waals surface area contributed by atoms with E-state index in [9.17, 15) is 4.79 Å². The second kappa shape index (κ2) is 9.30. The summed E-state index contributed by atoms with van der Waals surface area (Å²) in [5.41, 5.74) is 6.62. The van der Waals surface area contributed by atoms with Gasteiger partial charge in [-0.05, 0) is 12.6 Å². The van der Waals surface area contributed by atoms with Crippen molar-refractivity contribution >= 4 is 48.0 Å². The number of nitrogens with two attached hydrogens (primary N) is 1. The fraction of sp³-hybridized carbons (Fsp3) is 0.500. The van der Waals surface area contributed by atoms with E-state index in [1.807, 2.05) is 4.90 Å². The summed E-state index contributed by atoms with van der Waals surface area (Å²) in [6, 6.07) is 3.18. The minimum atomic E-state index is -0.0560. The number of methoxy groups -OCH3 is 1. The number of halogens is 3. The summed E-state index contributed by atoms with van der Waals surface area (Å²) in [5, 5.41) is 0.376. The van der Waals surface area contributed by atoms with Crippen LogP contribution in [0.3, 0.4) is 0 Å². The summed E-state index contributed by atoms with van der Waals surface area (Å²) in [7, 11) is 1.52. The Morgan fingerprint density at radius 1 is 1.27 bits per heavy atom. The largest absolute Gasteiger partial charge is 0.496 e. The SMILES string of the molecule is CCN1CCN(C(=O)c2cc(Cl)c(N)cc2OC)CC1.Cl.Cl. The zero-order valence-corrected chi connectivity index (χ0v) is 15.1. The zero-order valence-electron chi connectivity index (χ0n) is 12.7. The molecule has 1 saturated heterocycles. The monoisotopic (exact) mass is 369 g/mol. The first-order chi connectivity index (χ1) is 9.56. The molecule has 0 atom stereocenters. The molecule has 0 aromatic heterocycles. The number of likely N-dealkylation sites (N-methyl/N-ethyl adjacent to an activating group) is 1. The zero-order chi connectivity index (χ0) is 14.7. The van der Waals surface area contributed by atoms with Gasteiger partial charge in [0.05, 0.1) is 23.4 Å². The molecule has 0 unspecified atom stereocenters. The number of ether oxygens (including phenoxy) is 1. The van der Waals surface area contributed by atoms with E-state index in [0.717, 1.165) is 32.7 Å². The number of nitrogen functional groups attached to an aromatic ring is 1. The molecular formula is C14H22Cl3N3O2. The Hall–Kier alpha value is -0.880. The van der Waals surface area contributed by atoms with Gasteiger partial charge in [-0.25, -0.2) is 0 Å². The van der Waals surface area contributed by atoms with E-state index in [0.29, 0.717) is 22.0 Å². The van der Waals surface area contributed by atoms with Crippen LogP contribution >= 0.6 is 36.4 Å². The number of anilines is 1. The maximum atomic E-state index is 12.6. The lowest BCUT2D eigenvalue weighted by Crippen LogP contribution is -2.48. The first kappa shape index (κ1) is 21.1. The number of rotatable bonds is 3. The van der Waals surface area contributed by atoms with Gasteiger partial charge >= 0.3 is 0 Å². The Balaban J connectivity index is 0.00000220. The van der Waals surface area contributed by atoms with Crippen molar-refractivity contribution in [2.45, 2.75) is 6.92 Å². The predicted octanol–water partition coefficient (Wildman–Crippen LogP) is 2.55. The predicted molar refractivity (Wildman–Crippen MR) is 94.9 cm³/mol. The standard InChI is InChI=1S/C14H20ClN3O2.2ClH/c1-3-17-4-6-18(7-5-17)14(19)10-8-11(15)12(16)9-13(10)20-2;;/h8-9H,3-7,16H2,1-2H3;2*1H. The first-order valence-corrected chi connectivity index (χ1v) is 7.09. The van der Waals surface area contributed by atoms with Gasteiger partial charge < -0.3 is 20.3 Å². The number of nitrogens with zero attached hydrogens (tertiary/aromatic N) is 2. The molecule has 2 N–H and O–H groups in total. The summed E-state index contributed by atoms with van der Waals surface area (Å²) in [4.78, 5) is 16.7. The van der Waals surface area contributed by atoms with Crippen molar-refractivity contribution in [3.05, 3.63) is 22.7 Å². The van der Waals surface area contributed by atoms with Crippen LogP contribution < -0.4 is 10.5 Å². The molecule has 1 heterocycles. The summed E-state index contributed by atoms with van der Waals surface area (Å²) >= 11 is 6.01. The van der Waals surface area contributed by atoms with E-state index in [4.69, 9.17) is 22.1 Å². The van der Waals surface area contributed by atoms with Gasteiger partial charge in [0.15, 0.2) is 0 Å². The van der Waals surface area contributed by atoms with Crippen molar-refractivity contribution in [3.63, 3.8) is 0 Å². The van der Waals surface area contributed by atoms with Crippen molar-refractivity contribution in [2.75, 3.05) is 45.6 Å². The fourth-order valence-corrected chi connectivity index (χ4v) is 2.51. The molecule has 1 fully saturated rings. The molecule has 5 nitrogen and oxygen atoms in total. The molecule has 0 spiro atoms. The van der Waals surface area contributed by atoms with Crippen LogP contribution in [0.5, 0.6) is 5.75 Å². The van der Waals surface area contributed by atoms with Gasteiger partial charge in [-0.2, -0.15) is 0 Å². The van der Waals surface area contributed by atoms with Gasteiger partial charge in [-0.1, -0.05) is 18.5 Å². The molecule has 22 heavy (non-hydrogen) atoms. The Morgan fingerprint density at radius 2 is 1.86 bits per heavy atom. The highest BCUT2D eigenvalue weighted by molar-refractivity contribution is 6.33. The van der Waals surface area contributed by atoms with E-state index in [1.165, 1.54) is 7.11 Å². The lowest BCUT2D eigenvalue weighted by molar-refractivity contribution is 0.0640. The summed E-state index contributed by atoms with van der Waals surface area (Å²) < 4.78 is 5.24. The Bertz CT molecular complexity index is 506. The normalized spacial score (nSPS) is 14.8. The van der Waals surface area contributed by atoms with Crippen LogP contribution in [0.15, 0.2) is 12.1 Å². The number of piperazine rings is 1. The van der Waals surface area contributed by atoms with Gasteiger partial charge in [-0.15, -0.1) is 24.8 Å². The van der Waals surface area contributed by atoms with Gasteiger partial charge in [0.2, 0.25) is 0 Å². The first-order valence-electron chi connectivity index (χ1n) is 6.71. The van der Waals surface area contributed by atoms with E-state index in [2.05, 4.69) is 11.8 Å². The third kappa shape index (κ3) is 4.56. The van der Waals surface area contributed by atoms with Crippen molar-refractivity contribution in [1.82, 2.24) is 9.80 Å². The van der Waals surface area contributed by atoms with Crippen LogP contribution in [0, 0.1) is 0 Å². The number of hydrogen-bond acceptors (Lipinski definition) is 4. The maximum Gasteiger partial charge on any atom is 0.257 e. The molecule has 126 valence electrons. The second-order valence-corrected chi connectivity index (χ2v) is 5.21. The molecular weight excluding hydrogens is 349 g/mol. The average molecular weight is 371 g/mol. The minimum absolute atomic E-state index is 0. The lowest BCUT2D eigenvalue weighted by Gasteiger charge is -2.34.